The van der Waals surface area contributed by atoms with Crippen LogP contribution in [0.1, 0.15) is 62.8 Å². The molecule has 110 valence electrons. The molecule has 2 atom stereocenters. The van der Waals surface area contributed by atoms with Gasteiger partial charge in [0.2, 0.25) is 5.91 Å². The van der Waals surface area contributed by atoms with E-state index in [4.69, 9.17) is 4.74 Å². The lowest BCUT2D eigenvalue weighted by atomic mass is 9.95. The zero-order chi connectivity index (χ0) is 14.5. The molecule has 0 aromatic heterocycles. The van der Waals surface area contributed by atoms with Gasteiger partial charge >= 0.3 is 0 Å². The molecule has 1 amide bonds. The van der Waals surface area contributed by atoms with Crippen LogP contribution in [0.15, 0.2) is 18.2 Å². The number of fused-ring (bicyclic) bond motifs is 1. The van der Waals surface area contributed by atoms with Crippen molar-refractivity contribution in [3.05, 3.63) is 29.3 Å². The van der Waals surface area contributed by atoms with Gasteiger partial charge in [-0.2, -0.15) is 0 Å². The number of hydrogen-bond acceptors (Lipinski definition) is 3. The molecular weight excluding hydrogens is 254 g/mol. The highest BCUT2D eigenvalue weighted by Crippen LogP contribution is 2.34. The summed E-state index contributed by atoms with van der Waals surface area (Å²) in [7, 11) is 0. The van der Waals surface area contributed by atoms with Crippen LogP contribution >= 0.6 is 0 Å². The summed E-state index contributed by atoms with van der Waals surface area (Å²) in [6.45, 7) is 4.50. The second-order valence-electron chi connectivity index (χ2n) is 5.21. The van der Waals surface area contributed by atoms with E-state index in [1.807, 2.05) is 25.1 Å². The number of carbonyl (C=O) groups excluding carboxylic acids is 1. The first-order valence-electron chi connectivity index (χ1n) is 7.39. The van der Waals surface area contributed by atoms with Gasteiger partial charge in [-0.15, -0.1) is 0 Å². The molecule has 0 spiro atoms. The second kappa shape index (κ2) is 6.75. The van der Waals surface area contributed by atoms with Crippen LogP contribution in [0, 0.1) is 0 Å². The Balaban J connectivity index is 2.24. The normalized spacial score (nSPS) is 18.9. The maximum Gasteiger partial charge on any atom is 0.220 e. The Bertz CT molecular complexity index is 473. The zero-order valence-electron chi connectivity index (χ0n) is 12.2. The fraction of sp³-hybridized carbons (Fsp3) is 0.562. The van der Waals surface area contributed by atoms with Gasteiger partial charge in [0.05, 0.1) is 18.8 Å². The quantitative estimate of drug-likeness (QED) is 0.870. The average Bonchev–Trinajstić information content (AvgIpc) is 2.47. The Hall–Kier alpha value is -1.55. The van der Waals surface area contributed by atoms with E-state index in [-0.39, 0.29) is 11.9 Å². The van der Waals surface area contributed by atoms with Crippen LogP contribution in [0.25, 0.3) is 0 Å². The lowest BCUT2D eigenvalue weighted by Crippen LogP contribution is -2.31. The topological polar surface area (TPSA) is 58.6 Å². The van der Waals surface area contributed by atoms with Crippen molar-refractivity contribution < 1.29 is 14.6 Å². The summed E-state index contributed by atoms with van der Waals surface area (Å²) in [5.74, 6) is 0.854. The van der Waals surface area contributed by atoms with Crippen molar-refractivity contribution >= 4 is 5.91 Å². The Morgan fingerprint density at radius 3 is 3.00 bits per heavy atom. The summed E-state index contributed by atoms with van der Waals surface area (Å²) in [4.78, 5) is 11.6. The minimum absolute atomic E-state index is 0.0139. The molecule has 2 rings (SSSR count). The van der Waals surface area contributed by atoms with Crippen LogP contribution < -0.4 is 10.1 Å². The summed E-state index contributed by atoms with van der Waals surface area (Å²) in [6.07, 6.45) is 2.47. The average molecular weight is 277 g/mol. The molecule has 1 aliphatic rings. The number of hydrogen-bond donors (Lipinski definition) is 2. The molecule has 0 bridgehead atoms. The molecule has 0 radical (unpaired) electrons. The maximum absolute atomic E-state index is 11.6. The van der Waals surface area contributed by atoms with Crippen molar-refractivity contribution in [2.24, 2.45) is 0 Å². The van der Waals surface area contributed by atoms with Gasteiger partial charge < -0.3 is 15.2 Å². The fourth-order valence-electron chi connectivity index (χ4n) is 2.51. The minimum atomic E-state index is -0.449. The van der Waals surface area contributed by atoms with Crippen molar-refractivity contribution in [3.63, 3.8) is 0 Å². The highest BCUT2D eigenvalue weighted by atomic mass is 16.5. The van der Waals surface area contributed by atoms with Crippen LogP contribution in [0.4, 0.5) is 0 Å². The number of ether oxygens (including phenoxy) is 1. The zero-order valence-corrected chi connectivity index (χ0v) is 12.2. The van der Waals surface area contributed by atoms with Crippen LogP contribution in [0.2, 0.25) is 0 Å². The van der Waals surface area contributed by atoms with Crippen molar-refractivity contribution in [3.8, 4) is 5.75 Å². The van der Waals surface area contributed by atoms with Gasteiger partial charge in [-0.05, 0) is 24.1 Å². The molecule has 0 aliphatic carbocycles. The third-order valence-electron chi connectivity index (χ3n) is 3.68. The minimum Gasteiger partial charge on any atom is -0.493 e. The number of aliphatic hydroxyl groups is 1. The van der Waals surface area contributed by atoms with E-state index < -0.39 is 6.10 Å². The van der Waals surface area contributed by atoms with Gasteiger partial charge in [0.25, 0.3) is 0 Å². The molecule has 2 unspecified atom stereocenters. The van der Waals surface area contributed by atoms with Crippen LogP contribution in [0.5, 0.6) is 5.75 Å². The summed E-state index contributed by atoms with van der Waals surface area (Å²) in [5.41, 5.74) is 1.87. The third-order valence-corrected chi connectivity index (χ3v) is 3.68. The number of amides is 1. The largest absolute Gasteiger partial charge is 0.493 e. The standard InChI is InChI=1S/C16H23NO3/c1-3-5-14(18)11-6-7-15-12(10-11)13(8-9-20-15)17-16(19)4-2/h6-7,10,13-14,18H,3-5,8-9H2,1-2H3,(H,17,19). The Morgan fingerprint density at radius 2 is 2.30 bits per heavy atom. The van der Waals surface area contributed by atoms with Crippen molar-refractivity contribution in [2.45, 2.75) is 51.7 Å². The van der Waals surface area contributed by atoms with Gasteiger partial charge in [0.15, 0.2) is 0 Å². The maximum atomic E-state index is 11.6. The predicted octanol–water partition coefficient (Wildman–Crippen LogP) is 2.87. The summed E-state index contributed by atoms with van der Waals surface area (Å²) in [6, 6.07) is 5.76. The first kappa shape index (κ1) is 14.9. The van der Waals surface area contributed by atoms with Crippen LogP contribution in [-0.2, 0) is 4.79 Å². The van der Waals surface area contributed by atoms with Crippen LogP contribution in [0.3, 0.4) is 0 Å². The SMILES string of the molecule is CCCC(O)c1ccc2c(c1)C(NC(=O)CC)CCO2. The Morgan fingerprint density at radius 1 is 1.50 bits per heavy atom. The van der Waals surface area contributed by atoms with E-state index in [0.717, 1.165) is 36.1 Å². The lowest BCUT2D eigenvalue weighted by molar-refractivity contribution is -0.121. The summed E-state index contributed by atoms with van der Waals surface area (Å²) in [5, 5.41) is 13.1. The van der Waals surface area contributed by atoms with Gasteiger partial charge in [-0.3, -0.25) is 4.79 Å². The first-order chi connectivity index (χ1) is 9.65. The van der Waals surface area contributed by atoms with E-state index >= 15 is 0 Å². The highest BCUT2D eigenvalue weighted by molar-refractivity contribution is 5.76. The fourth-order valence-corrected chi connectivity index (χ4v) is 2.51. The molecule has 20 heavy (non-hydrogen) atoms. The first-order valence-corrected chi connectivity index (χ1v) is 7.39. The molecule has 1 heterocycles. The van der Waals surface area contributed by atoms with Gasteiger partial charge in [0, 0.05) is 18.4 Å². The van der Waals surface area contributed by atoms with Crippen molar-refractivity contribution in [1.29, 1.82) is 0 Å². The highest BCUT2D eigenvalue weighted by Gasteiger charge is 2.23. The molecule has 1 aliphatic heterocycles. The molecule has 4 heteroatoms. The Labute approximate surface area is 120 Å². The molecule has 2 N–H and O–H groups in total. The molecule has 4 nitrogen and oxygen atoms in total. The molecule has 1 aromatic carbocycles. The summed E-state index contributed by atoms with van der Waals surface area (Å²) >= 11 is 0. The number of benzene rings is 1. The lowest BCUT2D eigenvalue weighted by Gasteiger charge is -2.27. The number of aliphatic hydroxyl groups excluding tert-OH is 1. The van der Waals surface area contributed by atoms with Gasteiger partial charge in [-0.25, -0.2) is 0 Å². The van der Waals surface area contributed by atoms with E-state index in [0.29, 0.717) is 13.0 Å². The second-order valence-corrected chi connectivity index (χ2v) is 5.21. The Kier molecular flexibility index (Phi) is 5.01. The summed E-state index contributed by atoms with van der Waals surface area (Å²) < 4.78 is 5.63. The molecular formula is C16H23NO3. The van der Waals surface area contributed by atoms with Crippen molar-refractivity contribution in [2.75, 3.05) is 6.61 Å². The number of rotatable bonds is 5. The molecule has 0 saturated heterocycles. The predicted molar refractivity (Wildman–Crippen MR) is 77.6 cm³/mol. The van der Waals surface area contributed by atoms with Crippen molar-refractivity contribution in [1.82, 2.24) is 5.32 Å². The van der Waals surface area contributed by atoms with Gasteiger partial charge in [0.1, 0.15) is 5.75 Å². The monoisotopic (exact) mass is 277 g/mol. The van der Waals surface area contributed by atoms with E-state index in [2.05, 4.69) is 12.2 Å². The smallest absolute Gasteiger partial charge is 0.220 e. The number of nitrogens with one attached hydrogen (secondary N) is 1. The van der Waals surface area contributed by atoms with Crippen LogP contribution in [-0.4, -0.2) is 17.6 Å². The molecule has 0 saturated carbocycles. The molecule has 0 fully saturated rings. The molecule has 1 aromatic rings. The number of carbonyl (C=O) groups is 1. The van der Waals surface area contributed by atoms with E-state index in [1.165, 1.54) is 0 Å². The third kappa shape index (κ3) is 3.31. The van der Waals surface area contributed by atoms with E-state index in [1.54, 1.807) is 0 Å². The van der Waals surface area contributed by atoms with E-state index in [9.17, 15) is 9.90 Å². The van der Waals surface area contributed by atoms with Gasteiger partial charge in [-0.1, -0.05) is 26.3 Å².